The van der Waals surface area contributed by atoms with E-state index >= 15 is 0 Å². The van der Waals surface area contributed by atoms with Crippen LogP contribution in [0, 0.1) is 0 Å². The van der Waals surface area contributed by atoms with E-state index in [1.54, 1.807) is 18.2 Å². The predicted octanol–water partition coefficient (Wildman–Crippen LogP) is 1.32. The predicted molar refractivity (Wildman–Crippen MR) is 94.7 cm³/mol. The minimum absolute atomic E-state index is 0. The van der Waals surface area contributed by atoms with E-state index in [0.29, 0.717) is 23.5 Å². The zero-order valence-electron chi connectivity index (χ0n) is 15.3. The molecule has 5 nitrogen and oxygen atoms in total. The molecule has 2 aromatic rings. The maximum Gasteiger partial charge on any atom is 1.00 e. The molecule has 136 valence electrons. The molecule has 0 amide bonds. The van der Waals surface area contributed by atoms with Crippen molar-refractivity contribution in [2.24, 2.45) is 0 Å². The van der Waals surface area contributed by atoms with Gasteiger partial charge in [0.25, 0.3) is 10.1 Å². The number of ether oxygens (including phenoxy) is 1. The Labute approximate surface area is 198 Å². The van der Waals surface area contributed by atoms with Gasteiger partial charge in [0.1, 0.15) is 16.4 Å². The molecule has 7 heteroatoms. The number of rotatable bonds is 9. The van der Waals surface area contributed by atoms with Crippen LogP contribution in [0.4, 0.5) is 0 Å². The number of hydrogen-bond acceptors (Lipinski definition) is 4. The van der Waals surface area contributed by atoms with Crippen molar-refractivity contribution in [2.75, 3.05) is 0 Å². The molecule has 26 heavy (non-hydrogen) atoms. The first kappa shape index (κ1) is 23.6. The van der Waals surface area contributed by atoms with Gasteiger partial charge >= 0.3 is 51.4 Å². The van der Waals surface area contributed by atoms with Crippen LogP contribution in [-0.2, 0) is 16.5 Å². The molecule has 0 bridgehead atoms. The van der Waals surface area contributed by atoms with Crippen molar-refractivity contribution >= 4 is 10.1 Å². The summed E-state index contributed by atoms with van der Waals surface area (Å²) in [5, 5.41) is 11.4. The Hall–Kier alpha value is -0.414. The molecule has 0 aromatic heterocycles. The summed E-state index contributed by atoms with van der Waals surface area (Å²) in [7, 11) is -4.35. The van der Waals surface area contributed by atoms with Crippen LogP contribution in [0.2, 0.25) is 0 Å². The molecule has 0 aliphatic carbocycles. The van der Waals surface area contributed by atoms with Crippen LogP contribution >= 0.6 is 0 Å². The summed E-state index contributed by atoms with van der Waals surface area (Å²) in [4.78, 5) is -0.140. The smallest absolute Gasteiger partial charge is 0.872 e. The molecule has 0 heterocycles. The minimum atomic E-state index is -4.35. The Morgan fingerprint density at radius 2 is 1.73 bits per heavy atom. The van der Waals surface area contributed by atoms with E-state index in [9.17, 15) is 18.1 Å². The standard InChI is InChI=1S/C19H24O5S.K/c1-2-3-4-5-6-11-17-18(12-8-13-19(17)25(21,22)23)24-16-10-7-9-15(20)14-16;/h7-10,12-14,20H,2-6,11H2,1H3,(H,21,22,23);/q;+1/p-1. The summed E-state index contributed by atoms with van der Waals surface area (Å²) in [6.07, 6.45) is 5.60. The van der Waals surface area contributed by atoms with Crippen molar-refractivity contribution in [3.05, 3.63) is 48.0 Å². The van der Waals surface area contributed by atoms with Crippen molar-refractivity contribution in [2.45, 2.75) is 50.3 Å². The molecule has 1 N–H and O–H groups in total. The first-order valence-corrected chi connectivity index (χ1v) is 9.90. The average molecular weight is 403 g/mol. The molecule has 0 radical (unpaired) electrons. The number of unbranched alkanes of at least 4 members (excludes halogenated alkanes) is 4. The van der Waals surface area contributed by atoms with Gasteiger partial charge in [-0.05, 0) is 37.1 Å². The van der Waals surface area contributed by atoms with Gasteiger partial charge in [-0.2, -0.15) is 8.42 Å². The first-order chi connectivity index (χ1) is 11.9. The molecule has 0 atom stereocenters. The second-order valence-corrected chi connectivity index (χ2v) is 7.34. The Balaban J connectivity index is 0.00000338. The third-order valence-corrected chi connectivity index (χ3v) is 4.87. The van der Waals surface area contributed by atoms with Gasteiger partial charge in [0.2, 0.25) is 0 Å². The number of hydrogen-bond donors (Lipinski definition) is 1. The topological polar surface area (TPSA) is 86.7 Å². The van der Waals surface area contributed by atoms with Crippen LogP contribution in [-0.4, -0.2) is 13.0 Å². The second kappa shape index (κ2) is 11.4. The van der Waals surface area contributed by atoms with Crippen LogP contribution in [0.3, 0.4) is 0 Å². The molecule has 2 rings (SSSR count). The maximum atomic E-state index is 11.7. The molecular weight excluding hydrogens is 379 g/mol. The average Bonchev–Trinajstić information content (AvgIpc) is 2.55. The van der Waals surface area contributed by atoms with Crippen LogP contribution in [0.1, 0.15) is 44.6 Å². The zero-order valence-corrected chi connectivity index (χ0v) is 19.2. The quantitative estimate of drug-likeness (QED) is 0.388. The van der Waals surface area contributed by atoms with Crippen molar-refractivity contribution in [1.29, 1.82) is 0 Å². The molecule has 2 aromatic carbocycles. The second-order valence-electron chi connectivity index (χ2n) is 5.95. The van der Waals surface area contributed by atoms with Gasteiger partial charge in [-0.1, -0.05) is 50.8 Å². The summed E-state index contributed by atoms with van der Waals surface area (Å²) >= 11 is 0. The van der Waals surface area contributed by atoms with E-state index < -0.39 is 10.1 Å². The molecular formula is C19H23KO5S. The van der Waals surface area contributed by atoms with Gasteiger partial charge in [-0.25, -0.2) is 0 Å². The van der Waals surface area contributed by atoms with Crippen molar-refractivity contribution in [1.82, 2.24) is 0 Å². The van der Waals surface area contributed by atoms with Crippen molar-refractivity contribution in [3.8, 4) is 17.2 Å². The SMILES string of the molecule is CCCCCCCc1c(Oc2cccc([O-])c2)cccc1S(=O)(=O)O.[K+]. The van der Waals surface area contributed by atoms with Gasteiger partial charge in [-0.3, -0.25) is 4.55 Å². The van der Waals surface area contributed by atoms with Gasteiger partial charge < -0.3 is 9.84 Å². The van der Waals surface area contributed by atoms with Gasteiger partial charge in [0.15, 0.2) is 0 Å². The fraction of sp³-hybridized carbons (Fsp3) is 0.368. The van der Waals surface area contributed by atoms with Crippen LogP contribution in [0.15, 0.2) is 47.4 Å². The Morgan fingerprint density at radius 1 is 1.04 bits per heavy atom. The third kappa shape index (κ3) is 7.30. The van der Waals surface area contributed by atoms with E-state index in [1.165, 1.54) is 24.3 Å². The number of benzene rings is 2. The monoisotopic (exact) mass is 402 g/mol. The molecule has 0 saturated heterocycles. The Bertz CT molecular complexity index is 805. The minimum Gasteiger partial charge on any atom is -0.872 e. The van der Waals surface area contributed by atoms with E-state index in [2.05, 4.69) is 6.92 Å². The maximum absolute atomic E-state index is 11.7. The fourth-order valence-electron chi connectivity index (χ4n) is 2.70. The third-order valence-electron chi connectivity index (χ3n) is 3.93. The molecule has 0 fully saturated rings. The normalized spacial score (nSPS) is 11.0. The van der Waals surface area contributed by atoms with Crippen LogP contribution in [0.5, 0.6) is 17.2 Å². The van der Waals surface area contributed by atoms with Crippen molar-refractivity contribution in [3.63, 3.8) is 0 Å². The van der Waals surface area contributed by atoms with E-state index in [4.69, 9.17) is 4.74 Å². The fourth-order valence-corrected chi connectivity index (χ4v) is 3.46. The van der Waals surface area contributed by atoms with Gasteiger partial charge in [-0.15, -0.1) is 5.75 Å². The van der Waals surface area contributed by atoms with E-state index in [0.717, 1.165) is 32.1 Å². The Kier molecular flexibility index (Phi) is 10.4. The molecule has 0 saturated carbocycles. The van der Waals surface area contributed by atoms with Crippen LogP contribution < -0.4 is 61.2 Å². The summed E-state index contributed by atoms with van der Waals surface area (Å²) in [5.41, 5.74) is 0.442. The van der Waals surface area contributed by atoms with E-state index in [1.807, 2.05) is 0 Å². The van der Waals surface area contributed by atoms with Gasteiger partial charge in [0, 0.05) is 5.56 Å². The zero-order chi connectivity index (χ0) is 18.3. The van der Waals surface area contributed by atoms with Crippen LogP contribution in [0.25, 0.3) is 0 Å². The summed E-state index contributed by atoms with van der Waals surface area (Å²) < 4.78 is 38.6. The first-order valence-electron chi connectivity index (χ1n) is 8.46. The molecule has 0 aliphatic rings. The van der Waals surface area contributed by atoms with Gasteiger partial charge in [0.05, 0.1) is 0 Å². The molecule has 0 aliphatic heterocycles. The van der Waals surface area contributed by atoms with E-state index in [-0.39, 0.29) is 62.0 Å². The summed E-state index contributed by atoms with van der Waals surface area (Å²) in [6, 6.07) is 10.5. The van der Waals surface area contributed by atoms with Crippen molar-refractivity contribution < 1.29 is 74.2 Å². The summed E-state index contributed by atoms with van der Waals surface area (Å²) in [5.74, 6) is 0.494. The molecule has 0 spiro atoms. The largest absolute Gasteiger partial charge is 1.00 e. The Morgan fingerprint density at radius 3 is 2.38 bits per heavy atom. The summed E-state index contributed by atoms with van der Waals surface area (Å²) in [6.45, 7) is 2.13. The molecule has 0 unspecified atom stereocenters.